The Morgan fingerprint density at radius 2 is 1.93 bits per heavy atom. The summed E-state index contributed by atoms with van der Waals surface area (Å²) in [6, 6.07) is 4.67. The highest BCUT2D eigenvalue weighted by atomic mass is 35.5. The van der Waals surface area contributed by atoms with Gasteiger partial charge in [0.15, 0.2) is 0 Å². The van der Waals surface area contributed by atoms with Gasteiger partial charge in [0.25, 0.3) is 0 Å². The molecule has 1 amide bonds. The van der Waals surface area contributed by atoms with Crippen molar-refractivity contribution in [2.24, 2.45) is 5.92 Å². The van der Waals surface area contributed by atoms with Crippen LogP contribution < -0.4 is 9.62 Å². The van der Waals surface area contributed by atoms with E-state index < -0.39 is 10.0 Å². The number of hydrogen-bond donors (Lipinski definition) is 1. The van der Waals surface area contributed by atoms with Crippen LogP contribution in [0.5, 0.6) is 0 Å². The van der Waals surface area contributed by atoms with Gasteiger partial charge in [-0.2, -0.15) is 0 Å². The second kappa shape index (κ2) is 11.8. The zero-order chi connectivity index (χ0) is 20.4. The first-order valence-corrected chi connectivity index (χ1v) is 12.0. The number of halogens is 2. The molecule has 0 heterocycles. The maximum Gasteiger partial charge on any atom is 0.232 e. The molecular formula is C19H30Cl2N2O3S. The molecule has 1 atom stereocenters. The summed E-state index contributed by atoms with van der Waals surface area (Å²) < 4.78 is 25.5. The lowest BCUT2D eigenvalue weighted by Crippen LogP contribution is -2.33. The van der Waals surface area contributed by atoms with Crippen LogP contribution >= 0.6 is 23.2 Å². The largest absolute Gasteiger partial charge is 0.356 e. The van der Waals surface area contributed by atoms with Gasteiger partial charge < -0.3 is 5.32 Å². The van der Waals surface area contributed by atoms with Gasteiger partial charge in [0.05, 0.1) is 17.0 Å². The molecule has 0 aliphatic carbocycles. The van der Waals surface area contributed by atoms with E-state index in [0.717, 1.165) is 25.5 Å². The first-order valence-electron chi connectivity index (χ1n) is 9.38. The molecule has 1 rings (SSSR count). The Bertz CT molecular complexity index is 711. The smallest absolute Gasteiger partial charge is 0.232 e. The number of rotatable bonds is 12. The molecule has 0 aliphatic heterocycles. The van der Waals surface area contributed by atoms with Crippen molar-refractivity contribution in [3.8, 4) is 0 Å². The molecule has 27 heavy (non-hydrogen) atoms. The van der Waals surface area contributed by atoms with Crippen molar-refractivity contribution in [3.05, 3.63) is 28.2 Å². The van der Waals surface area contributed by atoms with Crippen LogP contribution in [0.1, 0.15) is 52.4 Å². The normalized spacial score (nSPS) is 12.6. The van der Waals surface area contributed by atoms with Gasteiger partial charge in [-0.15, -0.1) is 0 Å². The second-order valence-corrected chi connectivity index (χ2v) is 9.51. The maximum absolute atomic E-state index is 12.1. The fourth-order valence-electron chi connectivity index (χ4n) is 2.82. The third kappa shape index (κ3) is 8.71. The summed E-state index contributed by atoms with van der Waals surface area (Å²) in [6.07, 6.45) is 6.27. The molecule has 8 heteroatoms. The molecule has 1 aromatic carbocycles. The number of carbonyl (C=O) groups is 1. The van der Waals surface area contributed by atoms with Crippen LogP contribution in [-0.2, 0) is 14.8 Å². The predicted octanol–water partition coefficient (Wildman–Crippen LogP) is 4.87. The van der Waals surface area contributed by atoms with E-state index in [9.17, 15) is 13.2 Å². The Hall–Kier alpha value is -0.980. The number of amides is 1. The van der Waals surface area contributed by atoms with Crippen molar-refractivity contribution in [1.82, 2.24) is 5.32 Å². The van der Waals surface area contributed by atoms with Gasteiger partial charge in [-0.3, -0.25) is 9.10 Å². The molecule has 5 nitrogen and oxygen atoms in total. The molecule has 0 unspecified atom stereocenters. The average Bonchev–Trinajstić information content (AvgIpc) is 2.59. The number of benzene rings is 1. The fourth-order valence-corrected chi connectivity index (χ4v) is 4.36. The molecule has 0 saturated heterocycles. The molecule has 0 aromatic heterocycles. The summed E-state index contributed by atoms with van der Waals surface area (Å²) in [4.78, 5) is 12.1. The van der Waals surface area contributed by atoms with Crippen molar-refractivity contribution < 1.29 is 13.2 Å². The highest BCUT2D eigenvalue weighted by Gasteiger charge is 2.20. The Morgan fingerprint density at radius 1 is 1.22 bits per heavy atom. The van der Waals surface area contributed by atoms with Crippen LogP contribution in [0.3, 0.4) is 0 Å². The minimum atomic E-state index is -3.52. The molecule has 154 valence electrons. The van der Waals surface area contributed by atoms with Crippen LogP contribution in [0.2, 0.25) is 10.0 Å². The third-order valence-corrected chi connectivity index (χ3v) is 6.19. The molecule has 0 bridgehead atoms. The summed E-state index contributed by atoms with van der Waals surface area (Å²) in [6.45, 7) is 5.15. The standard InChI is InChI=1S/C19H30Cl2N2O3S/c1-4-6-8-15(5-2)14-22-19(24)9-7-12-23(27(3,25)26)18-11-10-16(20)13-17(18)21/h10-11,13,15H,4-9,12,14H2,1-3H3,(H,22,24)/t15-/m0/s1. The molecule has 0 aliphatic rings. The van der Waals surface area contributed by atoms with Crippen LogP contribution in [0.15, 0.2) is 18.2 Å². The number of hydrogen-bond acceptors (Lipinski definition) is 3. The second-order valence-electron chi connectivity index (χ2n) is 6.75. The Morgan fingerprint density at radius 3 is 2.48 bits per heavy atom. The molecule has 0 spiro atoms. The van der Waals surface area contributed by atoms with E-state index in [4.69, 9.17) is 23.2 Å². The van der Waals surface area contributed by atoms with Crippen molar-refractivity contribution in [3.63, 3.8) is 0 Å². The Balaban J connectivity index is 2.58. The quantitative estimate of drug-likeness (QED) is 0.507. The van der Waals surface area contributed by atoms with Crippen LogP contribution in [0.4, 0.5) is 5.69 Å². The van der Waals surface area contributed by atoms with Crippen molar-refractivity contribution in [1.29, 1.82) is 0 Å². The van der Waals surface area contributed by atoms with E-state index in [1.165, 1.54) is 16.8 Å². The highest BCUT2D eigenvalue weighted by molar-refractivity contribution is 7.92. The molecule has 0 saturated carbocycles. The number of nitrogens with one attached hydrogen (secondary N) is 1. The van der Waals surface area contributed by atoms with Gasteiger partial charge in [-0.25, -0.2) is 8.42 Å². The monoisotopic (exact) mass is 436 g/mol. The van der Waals surface area contributed by atoms with E-state index in [1.807, 2.05) is 0 Å². The van der Waals surface area contributed by atoms with E-state index >= 15 is 0 Å². The van der Waals surface area contributed by atoms with Crippen LogP contribution in [0.25, 0.3) is 0 Å². The summed E-state index contributed by atoms with van der Waals surface area (Å²) in [7, 11) is -3.52. The number of anilines is 1. The van der Waals surface area contributed by atoms with Gasteiger partial charge in [0, 0.05) is 24.5 Å². The van der Waals surface area contributed by atoms with Crippen molar-refractivity contribution in [2.75, 3.05) is 23.7 Å². The molecule has 1 N–H and O–H groups in total. The lowest BCUT2D eigenvalue weighted by Gasteiger charge is -2.23. The van der Waals surface area contributed by atoms with Gasteiger partial charge >= 0.3 is 0 Å². The van der Waals surface area contributed by atoms with Gasteiger partial charge in [0.2, 0.25) is 15.9 Å². The van der Waals surface area contributed by atoms with Crippen LogP contribution in [0, 0.1) is 5.92 Å². The SMILES string of the molecule is CCCC[C@H](CC)CNC(=O)CCCN(c1ccc(Cl)cc1Cl)S(C)(=O)=O. The first-order chi connectivity index (χ1) is 12.7. The zero-order valence-corrected chi connectivity index (χ0v) is 18.6. The van der Waals surface area contributed by atoms with Gasteiger partial charge in [-0.1, -0.05) is 56.3 Å². The average molecular weight is 437 g/mol. The number of nitrogens with zero attached hydrogens (tertiary/aromatic N) is 1. The van der Waals surface area contributed by atoms with E-state index in [1.54, 1.807) is 12.1 Å². The van der Waals surface area contributed by atoms with Gasteiger partial charge in [0.1, 0.15) is 0 Å². The summed E-state index contributed by atoms with van der Waals surface area (Å²) in [5.74, 6) is 0.440. The third-order valence-electron chi connectivity index (χ3n) is 4.47. The van der Waals surface area contributed by atoms with Crippen molar-refractivity contribution in [2.45, 2.75) is 52.4 Å². The molecule has 0 fully saturated rings. The topological polar surface area (TPSA) is 66.5 Å². The summed E-state index contributed by atoms with van der Waals surface area (Å²) >= 11 is 12.0. The molecule has 1 aromatic rings. The van der Waals surface area contributed by atoms with E-state index in [2.05, 4.69) is 19.2 Å². The first kappa shape index (κ1) is 24.1. The Labute approximate surface area is 173 Å². The van der Waals surface area contributed by atoms with Crippen molar-refractivity contribution >= 4 is 44.8 Å². The van der Waals surface area contributed by atoms with Crippen LogP contribution in [-0.4, -0.2) is 33.7 Å². The number of unbranched alkanes of at least 4 members (excludes halogenated alkanes) is 1. The van der Waals surface area contributed by atoms with E-state index in [-0.39, 0.29) is 23.9 Å². The Kier molecular flexibility index (Phi) is 10.5. The van der Waals surface area contributed by atoms with Gasteiger partial charge in [-0.05, 0) is 37.0 Å². The zero-order valence-electron chi connectivity index (χ0n) is 16.3. The summed E-state index contributed by atoms with van der Waals surface area (Å²) in [5.41, 5.74) is 0.370. The number of sulfonamides is 1. The maximum atomic E-state index is 12.1. The molecule has 0 radical (unpaired) electrons. The minimum absolute atomic E-state index is 0.0550. The minimum Gasteiger partial charge on any atom is -0.356 e. The summed E-state index contributed by atoms with van der Waals surface area (Å²) in [5, 5.41) is 3.66. The molecular weight excluding hydrogens is 407 g/mol. The highest BCUT2D eigenvalue weighted by Crippen LogP contribution is 2.30. The van der Waals surface area contributed by atoms with E-state index in [0.29, 0.717) is 29.6 Å². The predicted molar refractivity (Wildman–Crippen MR) is 114 cm³/mol. The lowest BCUT2D eigenvalue weighted by atomic mass is 9.99. The fraction of sp³-hybridized carbons (Fsp3) is 0.632. The number of carbonyl (C=O) groups excluding carboxylic acids is 1. The lowest BCUT2D eigenvalue weighted by molar-refractivity contribution is -0.121.